The molecule has 1 aliphatic heterocycles. The standard InChI is InChI=1S/C37H51N5O5S/c1-7-25(2)33(41-19-18-40(35(41)45)23-30-24-48-26(3)38-30)34(44)39-29(20-27-14-10-8-11-15-27)22-32(43)31(21-28-16-12-9-13-17-28)42(36(46)47)37(4,5)6/h8-17,24-25,29,31-33,43H,7,18-23H2,1-6H3,(H,39,44)(H,46,47)/t25-,29-,31-,32-,33-/m0/s1. The van der Waals surface area contributed by atoms with Gasteiger partial charge in [-0.1, -0.05) is 80.9 Å². The average Bonchev–Trinajstić information content (AvgIpc) is 3.61. The van der Waals surface area contributed by atoms with E-state index in [1.807, 2.05) is 108 Å². The quantitative estimate of drug-likeness (QED) is 0.182. The second-order valence-corrected chi connectivity index (χ2v) is 14.9. The van der Waals surface area contributed by atoms with Gasteiger partial charge in [-0.25, -0.2) is 14.6 Å². The first-order valence-electron chi connectivity index (χ1n) is 16.8. The molecule has 1 aliphatic rings. The van der Waals surface area contributed by atoms with E-state index in [1.54, 1.807) is 21.1 Å². The lowest BCUT2D eigenvalue weighted by Gasteiger charge is -2.42. The molecule has 11 heteroatoms. The first kappa shape index (κ1) is 36.9. The molecule has 0 saturated carbocycles. The van der Waals surface area contributed by atoms with Gasteiger partial charge in [-0.15, -0.1) is 11.3 Å². The normalized spacial score (nSPS) is 16.7. The molecule has 0 radical (unpaired) electrons. The van der Waals surface area contributed by atoms with Crippen molar-refractivity contribution in [1.29, 1.82) is 0 Å². The summed E-state index contributed by atoms with van der Waals surface area (Å²) in [5.74, 6) is -0.394. The zero-order valence-corrected chi connectivity index (χ0v) is 29.8. The summed E-state index contributed by atoms with van der Waals surface area (Å²) in [5.41, 5.74) is 1.93. The molecule has 0 bridgehead atoms. The highest BCUT2D eigenvalue weighted by atomic mass is 32.1. The molecule has 0 spiro atoms. The monoisotopic (exact) mass is 677 g/mol. The molecule has 4 rings (SSSR count). The zero-order valence-electron chi connectivity index (χ0n) is 29.0. The van der Waals surface area contributed by atoms with E-state index >= 15 is 0 Å². The van der Waals surface area contributed by atoms with Gasteiger partial charge in [-0.2, -0.15) is 0 Å². The van der Waals surface area contributed by atoms with Crippen LogP contribution in [0.2, 0.25) is 0 Å². The van der Waals surface area contributed by atoms with Crippen LogP contribution in [0.25, 0.3) is 0 Å². The van der Waals surface area contributed by atoms with Crippen molar-refractivity contribution >= 4 is 29.4 Å². The number of thiazole rings is 1. The van der Waals surface area contributed by atoms with Crippen molar-refractivity contribution in [3.8, 4) is 0 Å². The Morgan fingerprint density at radius 3 is 2.15 bits per heavy atom. The van der Waals surface area contributed by atoms with Gasteiger partial charge in [-0.3, -0.25) is 9.69 Å². The summed E-state index contributed by atoms with van der Waals surface area (Å²) in [7, 11) is 0. The van der Waals surface area contributed by atoms with Crippen molar-refractivity contribution in [2.24, 2.45) is 5.92 Å². The predicted octanol–water partition coefficient (Wildman–Crippen LogP) is 5.97. The largest absolute Gasteiger partial charge is 0.465 e. The van der Waals surface area contributed by atoms with E-state index in [2.05, 4.69) is 10.3 Å². The summed E-state index contributed by atoms with van der Waals surface area (Å²) in [4.78, 5) is 49.9. The maximum Gasteiger partial charge on any atom is 0.408 e. The summed E-state index contributed by atoms with van der Waals surface area (Å²) in [6, 6.07) is 17.1. The van der Waals surface area contributed by atoms with Crippen LogP contribution in [0.4, 0.5) is 9.59 Å². The summed E-state index contributed by atoms with van der Waals surface area (Å²) in [6.45, 7) is 12.7. The predicted molar refractivity (Wildman–Crippen MR) is 189 cm³/mol. The minimum Gasteiger partial charge on any atom is -0.465 e. The number of carboxylic acid groups (broad SMARTS) is 1. The first-order valence-corrected chi connectivity index (χ1v) is 17.7. The maximum atomic E-state index is 14.3. The number of hydrogen-bond donors (Lipinski definition) is 3. The van der Waals surface area contributed by atoms with E-state index in [-0.39, 0.29) is 24.3 Å². The molecule has 1 saturated heterocycles. The number of aliphatic hydroxyl groups is 1. The van der Waals surface area contributed by atoms with Crippen molar-refractivity contribution in [2.75, 3.05) is 13.1 Å². The Morgan fingerprint density at radius 1 is 1.02 bits per heavy atom. The van der Waals surface area contributed by atoms with Crippen LogP contribution in [0.15, 0.2) is 66.0 Å². The van der Waals surface area contributed by atoms with E-state index in [9.17, 15) is 24.6 Å². The Balaban J connectivity index is 1.60. The second kappa shape index (κ2) is 16.4. The van der Waals surface area contributed by atoms with Crippen molar-refractivity contribution in [1.82, 2.24) is 25.0 Å². The Kier molecular flexibility index (Phi) is 12.6. The number of aromatic nitrogens is 1. The molecule has 2 heterocycles. The fourth-order valence-corrected chi connectivity index (χ4v) is 7.23. The van der Waals surface area contributed by atoms with Crippen LogP contribution in [0.1, 0.15) is 69.3 Å². The molecule has 0 unspecified atom stereocenters. The number of carbonyl (C=O) groups is 3. The van der Waals surface area contributed by atoms with Gasteiger partial charge < -0.3 is 25.3 Å². The maximum absolute atomic E-state index is 14.3. The number of nitrogens with one attached hydrogen (secondary N) is 1. The molecule has 1 aromatic heterocycles. The Labute approximate surface area is 288 Å². The second-order valence-electron chi connectivity index (χ2n) is 13.9. The van der Waals surface area contributed by atoms with Crippen LogP contribution in [0, 0.1) is 12.8 Å². The van der Waals surface area contributed by atoms with Crippen molar-refractivity contribution in [2.45, 2.75) is 104 Å². The van der Waals surface area contributed by atoms with E-state index in [0.29, 0.717) is 38.9 Å². The number of aliphatic hydroxyl groups excluding tert-OH is 1. The van der Waals surface area contributed by atoms with E-state index in [4.69, 9.17) is 0 Å². The molecule has 2 aromatic carbocycles. The highest BCUT2D eigenvalue weighted by molar-refractivity contribution is 7.09. The summed E-state index contributed by atoms with van der Waals surface area (Å²) < 4.78 is 0. The van der Waals surface area contributed by atoms with Crippen LogP contribution >= 0.6 is 11.3 Å². The molecule has 1 fully saturated rings. The van der Waals surface area contributed by atoms with Crippen LogP contribution in [-0.4, -0.2) is 90.8 Å². The van der Waals surface area contributed by atoms with Crippen LogP contribution < -0.4 is 5.32 Å². The van der Waals surface area contributed by atoms with Crippen LogP contribution in [-0.2, 0) is 24.2 Å². The van der Waals surface area contributed by atoms with Crippen molar-refractivity contribution < 1.29 is 24.6 Å². The third-order valence-electron chi connectivity index (χ3n) is 9.12. The summed E-state index contributed by atoms with van der Waals surface area (Å²) in [6.07, 6.45) is -0.661. The number of urea groups is 1. The number of amides is 4. The molecular formula is C37H51N5O5S. The molecule has 0 aliphatic carbocycles. The Morgan fingerprint density at radius 2 is 1.62 bits per heavy atom. The smallest absolute Gasteiger partial charge is 0.408 e. The molecule has 4 amide bonds. The fraction of sp³-hybridized carbons (Fsp3) is 0.514. The molecule has 10 nitrogen and oxygen atoms in total. The van der Waals surface area contributed by atoms with E-state index in [0.717, 1.165) is 21.8 Å². The van der Waals surface area contributed by atoms with Gasteiger partial charge in [0.2, 0.25) is 5.91 Å². The lowest BCUT2D eigenvalue weighted by Crippen LogP contribution is -2.58. The third kappa shape index (κ3) is 9.56. The van der Waals surface area contributed by atoms with Crippen molar-refractivity contribution in [3.05, 3.63) is 87.9 Å². The van der Waals surface area contributed by atoms with E-state index < -0.39 is 35.9 Å². The summed E-state index contributed by atoms with van der Waals surface area (Å²) >= 11 is 1.55. The molecule has 48 heavy (non-hydrogen) atoms. The highest BCUT2D eigenvalue weighted by Crippen LogP contribution is 2.27. The van der Waals surface area contributed by atoms with Crippen molar-refractivity contribution in [3.63, 3.8) is 0 Å². The lowest BCUT2D eigenvalue weighted by atomic mass is 9.89. The minimum atomic E-state index is -1.12. The molecule has 260 valence electrons. The Hall–Kier alpha value is -3.96. The van der Waals surface area contributed by atoms with Gasteiger partial charge in [0.05, 0.1) is 29.4 Å². The first-order chi connectivity index (χ1) is 22.8. The van der Waals surface area contributed by atoms with Gasteiger partial charge in [-0.05, 0) is 64.0 Å². The van der Waals surface area contributed by atoms with Crippen LogP contribution in [0.5, 0.6) is 0 Å². The van der Waals surface area contributed by atoms with Gasteiger partial charge >= 0.3 is 12.1 Å². The average molecular weight is 678 g/mol. The zero-order chi connectivity index (χ0) is 35.0. The van der Waals surface area contributed by atoms with E-state index in [1.165, 1.54) is 4.90 Å². The molecule has 3 N–H and O–H groups in total. The van der Waals surface area contributed by atoms with Gasteiger partial charge in [0.1, 0.15) is 6.04 Å². The number of aryl methyl sites for hydroxylation is 1. The Bertz CT molecular complexity index is 1490. The number of benzene rings is 2. The summed E-state index contributed by atoms with van der Waals surface area (Å²) in [5, 5.41) is 28.4. The molecular weight excluding hydrogens is 627 g/mol. The molecule has 3 aromatic rings. The lowest BCUT2D eigenvalue weighted by molar-refractivity contribution is -0.128. The number of hydrogen-bond acceptors (Lipinski definition) is 6. The van der Waals surface area contributed by atoms with Gasteiger partial charge in [0.25, 0.3) is 0 Å². The fourth-order valence-electron chi connectivity index (χ4n) is 6.62. The number of carbonyl (C=O) groups excluding carboxylic acids is 2. The van der Waals surface area contributed by atoms with Gasteiger partial charge in [0, 0.05) is 30.1 Å². The number of nitrogens with zero attached hydrogens (tertiary/aromatic N) is 4. The van der Waals surface area contributed by atoms with Crippen LogP contribution in [0.3, 0.4) is 0 Å². The highest BCUT2D eigenvalue weighted by Gasteiger charge is 2.42. The topological polar surface area (TPSA) is 126 Å². The number of rotatable bonds is 15. The third-order valence-corrected chi connectivity index (χ3v) is 9.95. The molecule has 5 atom stereocenters. The SMILES string of the molecule is CC[C@H](C)[C@@H](C(=O)N[C@@H](Cc1ccccc1)C[C@H](O)[C@H](Cc1ccccc1)N(C(=O)O)C(C)(C)C)N1CCN(Cc2csc(C)n2)C1=O. The minimum absolute atomic E-state index is 0.119. The van der Waals surface area contributed by atoms with Gasteiger partial charge in [0.15, 0.2) is 0 Å².